The van der Waals surface area contributed by atoms with E-state index in [1.165, 1.54) is 0 Å². The van der Waals surface area contributed by atoms with Crippen molar-refractivity contribution in [3.63, 3.8) is 0 Å². The maximum Gasteiger partial charge on any atom is 0.231 e. The molecule has 3 heterocycles. The monoisotopic (exact) mass is 404 g/mol. The molecule has 0 bridgehead atoms. The van der Waals surface area contributed by atoms with Crippen molar-refractivity contribution < 1.29 is 23.5 Å². The number of fused-ring (bicyclic) bond motifs is 1. The summed E-state index contributed by atoms with van der Waals surface area (Å²) in [6.45, 7) is 0.482. The number of benzene rings is 2. The van der Waals surface area contributed by atoms with Crippen molar-refractivity contribution in [1.82, 2.24) is 5.32 Å². The number of furan rings is 1. The van der Waals surface area contributed by atoms with Gasteiger partial charge < -0.3 is 24.1 Å². The molecular weight excluding hydrogens is 384 g/mol. The molecule has 0 saturated carbocycles. The number of carbonyl (C=O) groups is 2. The third kappa shape index (κ3) is 3.39. The molecule has 7 heteroatoms. The van der Waals surface area contributed by atoms with Gasteiger partial charge in [0.2, 0.25) is 18.6 Å². The van der Waals surface area contributed by atoms with Crippen LogP contribution in [-0.2, 0) is 9.59 Å². The third-order valence-corrected chi connectivity index (χ3v) is 5.41. The van der Waals surface area contributed by atoms with Gasteiger partial charge in [-0.05, 0) is 29.8 Å². The Labute approximate surface area is 173 Å². The molecule has 5 rings (SSSR count). The summed E-state index contributed by atoms with van der Waals surface area (Å²) < 4.78 is 16.3. The molecule has 152 valence electrons. The van der Waals surface area contributed by atoms with Crippen LogP contribution in [0.25, 0.3) is 0 Å². The topological polar surface area (TPSA) is 81.0 Å². The number of ether oxygens (including phenoxy) is 2. The molecule has 1 fully saturated rings. The highest BCUT2D eigenvalue weighted by Gasteiger charge is 2.37. The van der Waals surface area contributed by atoms with Crippen LogP contribution in [0.15, 0.2) is 71.3 Å². The van der Waals surface area contributed by atoms with Crippen LogP contribution in [0.3, 0.4) is 0 Å². The predicted octanol–water partition coefficient (Wildman–Crippen LogP) is 3.27. The van der Waals surface area contributed by atoms with E-state index >= 15 is 0 Å². The molecule has 30 heavy (non-hydrogen) atoms. The molecule has 0 spiro atoms. The van der Waals surface area contributed by atoms with Crippen LogP contribution >= 0.6 is 0 Å². The van der Waals surface area contributed by atoms with E-state index in [1.54, 1.807) is 35.4 Å². The molecule has 1 N–H and O–H groups in total. The van der Waals surface area contributed by atoms with E-state index in [4.69, 9.17) is 13.9 Å². The second-order valence-corrected chi connectivity index (χ2v) is 7.31. The third-order valence-electron chi connectivity index (χ3n) is 5.41. The molecule has 0 radical (unpaired) electrons. The molecule has 2 unspecified atom stereocenters. The van der Waals surface area contributed by atoms with Crippen LogP contribution in [0.5, 0.6) is 11.5 Å². The Morgan fingerprint density at radius 2 is 1.87 bits per heavy atom. The van der Waals surface area contributed by atoms with E-state index in [1.807, 2.05) is 36.4 Å². The first-order chi connectivity index (χ1) is 14.7. The summed E-state index contributed by atoms with van der Waals surface area (Å²) in [4.78, 5) is 27.3. The van der Waals surface area contributed by atoms with E-state index in [0.29, 0.717) is 29.5 Å². The van der Waals surface area contributed by atoms with Crippen molar-refractivity contribution in [3.05, 3.63) is 78.3 Å². The highest BCUT2D eigenvalue weighted by atomic mass is 16.7. The lowest BCUT2D eigenvalue weighted by Crippen LogP contribution is -2.36. The predicted molar refractivity (Wildman–Crippen MR) is 108 cm³/mol. The van der Waals surface area contributed by atoms with Gasteiger partial charge in [0.15, 0.2) is 11.5 Å². The average Bonchev–Trinajstić information content (AvgIpc) is 3.52. The lowest BCUT2D eigenvalue weighted by molar-refractivity contribution is -0.126. The van der Waals surface area contributed by atoms with Gasteiger partial charge in [-0.25, -0.2) is 0 Å². The Morgan fingerprint density at radius 1 is 1.03 bits per heavy atom. The van der Waals surface area contributed by atoms with Crippen LogP contribution in [0.4, 0.5) is 5.69 Å². The van der Waals surface area contributed by atoms with Crippen molar-refractivity contribution in [1.29, 1.82) is 0 Å². The molecule has 7 nitrogen and oxygen atoms in total. The maximum absolute atomic E-state index is 13.1. The van der Waals surface area contributed by atoms with Crippen LogP contribution in [0.1, 0.15) is 23.8 Å². The summed E-state index contributed by atoms with van der Waals surface area (Å²) in [7, 11) is 0. The first-order valence-corrected chi connectivity index (χ1v) is 9.78. The van der Waals surface area contributed by atoms with Gasteiger partial charge in [0, 0.05) is 24.7 Å². The van der Waals surface area contributed by atoms with Crippen molar-refractivity contribution >= 4 is 17.5 Å². The summed E-state index contributed by atoms with van der Waals surface area (Å²) in [6.07, 6.45) is 1.73. The Hall–Kier alpha value is -3.74. The fourth-order valence-electron chi connectivity index (χ4n) is 3.87. The molecule has 2 atom stereocenters. The van der Waals surface area contributed by atoms with Crippen molar-refractivity contribution in [2.45, 2.75) is 12.5 Å². The van der Waals surface area contributed by atoms with Gasteiger partial charge in [-0.3, -0.25) is 9.59 Å². The Bertz CT molecular complexity index is 1060. The standard InChI is InChI=1S/C23H20N2O5/c26-21-11-16(13-25(21)17-8-9-18-20(12-17)30-14-29-18)23(27)24-22(19-7-4-10-28-19)15-5-2-1-3-6-15/h1-10,12,16,22H,11,13-14H2,(H,24,27). The zero-order chi connectivity index (χ0) is 20.5. The second-order valence-electron chi connectivity index (χ2n) is 7.31. The van der Waals surface area contributed by atoms with Crippen LogP contribution < -0.4 is 19.7 Å². The zero-order valence-electron chi connectivity index (χ0n) is 16.1. The highest BCUT2D eigenvalue weighted by Crippen LogP contribution is 2.37. The molecule has 2 amide bonds. The number of nitrogens with one attached hydrogen (secondary N) is 1. The lowest BCUT2D eigenvalue weighted by atomic mass is 10.0. The summed E-state index contributed by atoms with van der Waals surface area (Å²) in [5.74, 6) is 1.18. The quantitative estimate of drug-likeness (QED) is 0.706. The zero-order valence-corrected chi connectivity index (χ0v) is 16.1. The minimum atomic E-state index is -0.455. The lowest BCUT2D eigenvalue weighted by Gasteiger charge is -2.20. The summed E-state index contributed by atoms with van der Waals surface area (Å²) in [5, 5.41) is 3.06. The molecule has 0 aliphatic carbocycles. The summed E-state index contributed by atoms with van der Waals surface area (Å²) in [6, 6.07) is 18.2. The number of rotatable bonds is 5. The van der Waals surface area contributed by atoms with E-state index < -0.39 is 12.0 Å². The van der Waals surface area contributed by atoms with E-state index in [2.05, 4.69) is 5.32 Å². The Balaban J connectivity index is 1.33. The summed E-state index contributed by atoms with van der Waals surface area (Å²) >= 11 is 0. The van der Waals surface area contributed by atoms with Crippen molar-refractivity contribution in [2.75, 3.05) is 18.2 Å². The largest absolute Gasteiger partial charge is 0.467 e. The summed E-state index contributed by atoms with van der Waals surface area (Å²) in [5.41, 5.74) is 1.61. The SMILES string of the molecule is O=C(NC(c1ccccc1)c1ccco1)C1CC(=O)N(c2ccc3c(c2)OCO3)C1. The number of anilines is 1. The normalized spacial score (nSPS) is 18.5. The fourth-order valence-corrected chi connectivity index (χ4v) is 3.87. The van der Waals surface area contributed by atoms with Crippen LogP contribution in [-0.4, -0.2) is 25.2 Å². The molecule has 2 aliphatic heterocycles. The van der Waals surface area contributed by atoms with E-state index in [-0.39, 0.29) is 25.0 Å². The van der Waals surface area contributed by atoms with Gasteiger partial charge in [-0.2, -0.15) is 0 Å². The average molecular weight is 404 g/mol. The molecule has 2 aliphatic rings. The van der Waals surface area contributed by atoms with Crippen LogP contribution in [0.2, 0.25) is 0 Å². The molecule has 3 aromatic rings. The fraction of sp³-hybridized carbons (Fsp3) is 0.217. The van der Waals surface area contributed by atoms with Gasteiger partial charge in [0.25, 0.3) is 0 Å². The van der Waals surface area contributed by atoms with Gasteiger partial charge in [0.1, 0.15) is 11.8 Å². The molecule has 2 aromatic carbocycles. The van der Waals surface area contributed by atoms with Crippen LogP contribution in [0, 0.1) is 5.92 Å². The number of hydrogen-bond acceptors (Lipinski definition) is 5. The first kappa shape index (κ1) is 18.3. The number of carbonyl (C=O) groups excluding carboxylic acids is 2. The maximum atomic E-state index is 13.1. The van der Waals surface area contributed by atoms with Gasteiger partial charge in [-0.1, -0.05) is 30.3 Å². The Kier molecular flexibility index (Phi) is 4.63. The van der Waals surface area contributed by atoms with Gasteiger partial charge in [0.05, 0.1) is 12.2 Å². The van der Waals surface area contributed by atoms with Crippen molar-refractivity contribution in [2.24, 2.45) is 5.92 Å². The minimum absolute atomic E-state index is 0.0942. The number of amides is 2. The molecular formula is C23H20N2O5. The minimum Gasteiger partial charge on any atom is -0.467 e. The number of nitrogens with zero attached hydrogens (tertiary/aromatic N) is 1. The second kappa shape index (κ2) is 7.59. The van der Waals surface area contributed by atoms with Gasteiger partial charge in [-0.15, -0.1) is 0 Å². The Morgan fingerprint density at radius 3 is 2.67 bits per heavy atom. The first-order valence-electron chi connectivity index (χ1n) is 9.78. The molecule has 1 aromatic heterocycles. The molecule has 1 saturated heterocycles. The van der Waals surface area contributed by atoms with Gasteiger partial charge >= 0.3 is 0 Å². The number of hydrogen-bond donors (Lipinski definition) is 1. The smallest absolute Gasteiger partial charge is 0.231 e. The van der Waals surface area contributed by atoms with Crippen molar-refractivity contribution in [3.8, 4) is 11.5 Å². The highest BCUT2D eigenvalue weighted by molar-refractivity contribution is 6.00. The van der Waals surface area contributed by atoms with E-state index in [9.17, 15) is 9.59 Å². The van der Waals surface area contributed by atoms with E-state index in [0.717, 1.165) is 5.56 Å².